The number of ketones is 1. The zero-order valence-electron chi connectivity index (χ0n) is 10.5. The second-order valence-corrected chi connectivity index (χ2v) is 5.33. The molecule has 1 heterocycles. The van der Waals surface area contributed by atoms with E-state index in [2.05, 4.69) is 50.8 Å². The van der Waals surface area contributed by atoms with Crippen LogP contribution in [-0.4, -0.2) is 17.9 Å². The van der Waals surface area contributed by atoms with Gasteiger partial charge in [0.15, 0.2) is 5.78 Å². The van der Waals surface area contributed by atoms with Crippen molar-refractivity contribution >= 4 is 11.5 Å². The van der Waals surface area contributed by atoms with E-state index in [1.165, 1.54) is 16.8 Å². The summed E-state index contributed by atoms with van der Waals surface area (Å²) in [5.41, 5.74) is 3.73. The van der Waals surface area contributed by atoms with Crippen LogP contribution in [0.25, 0.3) is 0 Å². The van der Waals surface area contributed by atoms with Crippen LogP contribution in [0.5, 0.6) is 0 Å². The Kier molecular flexibility index (Phi) is 2.53. The van der Waals surface area contributed by atoms with Gasteiger partial charge in [-0.2, -0.15) is 0 Å². The molecule has 0 spiro atoms. The molecule has 0 aliphatic carbocycles. The van der Waals surface area contributed by atoms with Gasteiger partial charge in [-0.3, -0.25) is 4.79 Å². The lowest BCUT2D eigenvalue weighted by Crippen LogP contribution is -2.38. The minimum absolute atomic E-state index is 0.0460. The minimum atomic E-state index is -0.0460. The van der Waals surface area contributed by atoms with Crippen molar-refractivity contribution in [1.82, 2.24) is 0 Å². The zero-order chi connectivity index (χ0) is 11.9. The van der Waals surface area contributed by atoms with E-state index in [0.717, 1.165) is 0 Å². The first-order valence-corrected chi connectivity index (χ1v) is 5.77. The lowest BCUT2D eigenvalue weighted by molar-refractivity contribution is -0.116. The molecule has 1 aromatic carbocycles. The van der Waals surface area contributed by atoms with Gasteiger partial charge in [0.05, 0.1) is 6.54 Å². The summed E-state index contributed by atoms with van der Waals surface area (Å²) in [5, 5.41) is 0. The highest BCUT2D eigenvalue weighted by atomic mass is 16.1. The highest BCUT2D eigenvalue weighted by Gasteiger charge is 2.37. The van der Waals surface area contributed by atoms with Crippen molar-refractivity contribution in [3.8, 4) is 0 Å². The Morgan fingerprint density at radius 3 is 2.50 bits per heavy atom. The van der Waals surface area contributed by atoms with Gasteiger partial charge < -0.3 is 4.90 Å². The fraction of sp³-hybridized carbons (Fsp3) is 0.500. The van der Waals surface area contributed by atoms with Crippen molar-refractivity contribution in [1.29, 1.82) is 0 Å². The maximum Gasteiger partial charge on any atom is 0.154 e. The van der Waals surface area contributed by atoms with E-state index in [9.17, 15) is 4.79 Å². The smallest absolute Gasteiger partial charge is 0.154 e. The van der Waals surface area contributed by atoms with Crippen LogP contribution in [0.2, 0.25) is 0 Å². The van der Waals surface area contributed by atoms with E-state index in [4.69, 9.17) is 0 Å². The maximum absolute atomic E-state index is 11.6. The molecule has 16 heavy (non-hydrogen) atoms. The summed E-state index contributed by atoms with van der Waals surface area (Å²) in [4.78, 5) is 13.8. The number of aryl methyl sites for hydroxylation is 1. The number of carbonyl (C=O) groups is 1. The summed E-state index contributed by atoms with van der Waals surface area (Å²) >= 11 is 0. The first-order chi connectivity index (χ1) is 7.42. The largest absolute Gasteiger partial charge is 0.358 e. The van der Waals surface area contributed by atoms with Crippen LogP contribution in [0.15, 0.2) is 18.2 Å². The van der Waals surface area contributed by atoms with E-state index < -0.39 is 0 Å². The summed E-state index contributed by atoms with van der Waals surface area (Å²) in [6, 6.07) is 6.29. The summed E-state index contributed by atoms with van der Waals surface area (Å²) in [6.45, 7) is 9.07. The topological polar surface area (TPSA) is 20.3 Å². The molecule has 1 aromatic rings. The molecule has 2 nitrogen and oxygen atoms in total. The Morgan fingerprint density at radius 2 is 1.94 bits per heavy atom. The summed E-state index contributed by atoms with van der Waals surface area (Å²) in [7, 11) is 0. The van der Waals surface area contributed by atoms with Crippen LogP contribution in [-0.2, 0) is 4.79 Å². The predicted octanol–water partition coefficient (Wildman–Crippen LogP) is 2.86. The Balaban J connectivity index is 2.45. The third-order valence-electron chi connectivity index (χ3n) is 3.56. The van der Waals surface area contributed by atoms with Crippen molar-refractivity contribution in [2.45, 2.75) is 39.7 Å². The third kappa shape index (κ3) is 1.73. The van der Waals surface area contributed by atoms with Crippen LogP contribution in [0.1, 0.15) is 31.4 Å². The lowest BCUT2D eigenvalue weighted by atomic mass is 9.99. The van der Waals surface area contributed by atoms with Crippen LogP contribution in [0.4, 0.5) is 5.69 Å². The number of hydrogen-bond acceptors (Lipinski definition) is 2. The van der Waals surface area contributed by atoms with Gasteiger partial charge in [0.25, 0.3) is 0 Å². The highest BCUT2D eigenvalue weighted by Crippen LogP contribution is 2.34. The molecular weight excluding hydrogens is 198 g/mol. The van der Waals surface area contributed by atoms with E-state index in [0.29, 0.717) is 18.7 Å². The molecule has 0 N–H and O–H groups in total. The van der Waals surface area contributed by atoms with Crippen molar-refractivity contribution in [2.24, 2.45) is 0 Å². The molecule has 86 valence electrons. The fourth-order valence-corrected chi connectivity index (χ4v) is 2.46. The number of anilines is 1. The second kappa shape index (κ2) is 3.62. The molecule has 0 bridgehead atoms. The van der Waals surface area contributed by atoms with Gasteiger partial charge in [0, 0.05) is 17.6 Å². The van der Waals surface area contributed by atoms with E-state index in [1.807, 2.05) is 0 Å². The number of benzene rings is 1. The van der Waals surface area contributed by atoms with Crippen molar-refractivity contribution in [2.75, 3.05) is 11.4 Å². The number of nitrogens with zero attached hydrogens (tertiary/aromatic N) is 1. The van der Waals surface area contributed by atoms with Gasteiger partial charge in [-0.15, -0.1) is 0 Å². The van der Waals surface area contributed by atoms with E-state index in [-0.39, 0.29) is 5.54 Å². The molecular formula is C14H19NO. The van der Waals surface area contributed by atoms with E-state index in [1.54, 1.807) is 0 Å². The number of hydrogen-bond donors (Lipinski definition) is 0. The Labute approximate surface area is 97.3 Å². The Bertz CT molecular complexity index is 434. The first-order valence-electron chi connectivity index (χ1n) is 5.77. The molecule has 2 heteroatoms. The van der Waals surface area contributed by atoms with Crippen molar-refractivity contribution in [3.63, 3.8) is 0 Å². The van der Waals surface area contributed by atoms with Gasteiger partial charge in [-0.25, -0.2) is 0 Å². The maximum atomic E-state index is 11.6. The van der Waals surface area contributed by atoms with E-state index >= 15 is 0 Å². The quantitative estimate of drug-likeness (QED) is 0.721. The standard InChI is InChI=1S/C14H19NO/c1-10-6-5-7-13(11(10)2)15-9-12(16)8-14(15,3)4/h5-7H,8-9H2,1-4H3. The third-order valence-corrected chi connectivity index (χ3v) is 3.56. The summed E-state index contributed by atoms with van der Waals surface area (Å²) in [5.74, 6) is 0.339. The van der Waals surface area contributed by atoms with Gasteiger partial charge in [-0.05, 0) is 44.9 Å². The van der Waals surface area contributed by atoms with Crippen LogP contribution in [0, 0.1) is 13.8 Å². The average Bonchev–Trinajstić information content (AvgIpc) is 2.44. The number of carbonyl (C=O) groups excluding carboxylic acids is 1. The molecule has 1 aliphatic heterocycles. The molecule has 1 saturated heterocycles. The van der Waals surface area contributed by atoms with Crippen LogP contribution >= 0.6 is 0 Å². The minimum Gasteiger partial charge on any atom is -0.358 e. The van der Waals surface area contributed by atoms with Gasteiger partial charge in [-0.1, -0.05) is 12.1 Å². The lowest BCUT2D eigenvalue weighted by Gasteiger charge is -2.34. The van der Waals surface area contributed by atoms with Gasteiger partial charge in [0.2, 0.25) is 0 Å². The van der Waals surface area contributed by atoms with Crippen LogP contribution in [0.3, 0.4) is 0 Å². The monoisotopic (exact) mass is 217 g/mol. The molecule has 0 amide bonds. The molecule has 0 aromatic heterocycles. The molecule has 1 aliphatic rings. The normalized spacial score (nSPS) is 19.2. The zero-order valence-corrected chi connectivity index (χ0v) is 10.5. The molecule has 0 unspecified atom stereocenters. The Morgan fingerprint density at radius 1 is 1.25 bits per heavy atom. The van der Waals surface area contributed by atoms with Crippen molar-refractivity contribution in [3.05, 3.63) is 29.3 Å². The van der Waals surface area contributed by atoms with Gasteiger partial charge >= 0.3 is 0 Å². The highest BCUT2D eigenvalue weighted by molar-refractivity contribution is 5.89. The van der Waals surface area contributed by atoms with Crippen molar-refractivity contribution < 1.29 is 4.79 Å². The molecule has 0 atom stereocenters. The predicted molar refractivity (Wildman–Crippen MR) is 67.0 cm³/mol. The molecule has 1 fully saturated rings. The average molecular weight is 217 g/mol. The van der Waals surface area contributed by atoms with Gasteiger partial charge in [0.1, 0.15) is 0 Å². The summed E-state index contributed by atoms with van der Waals surface area (Å²) in [6.07, 6.45) is 0.653. The fourth-order valence-electron chi connectivity index (χ4n) is 2.46. The first kappa shape index (κ1) is 11.2. The number of rotatable bonds is 1. The van der Waals surface area contributed by atoms with Crippen LogP contribution < -0.4 is 4.90 Å². The second-order valence-electron chi connectivity index (χ2n) is 5.33. The SMILES string of the molecule is Cc1cccc(N2CC(=O)CC2(C)C)c1C. The summed E-state index contributed by atoms with van der Waals surface area (Å²) < 4.78 is 0. The molecule has 2 rings (SSSR count). The number of Topliss-reactive ketones (excluding diaryl/α,β-unsaturated/α-hetero) is 1. The Hall–Kier alpha value is -1.31. The molecule has 0 radical (unpaired) electrons. The molecule has 0 saturated carbocycles.